The molecule has 2 heterocycles. The van der Waals surface area contributed by atoms with Gasteiger partial charge >= 0.3 is 13.2 Å². The first-order chi connectivity index (χ1) is 11.1. The van der Waals surface area contributed by atoms with Gasteiger partial charge in [0.05, 0.1) is 11.2 Å². The van der Waals surface area contributed by atoms with Crippen LogP contribution in [-0.4, -0.2) is 30.3 Å². The number of carbonyl (C=O) groups excluding carboxylic acids is 2. The molecule has 1 unspecified atom stereocenters. The smallest absolute Gasteiger partial charge is 0.427 e. The standard InChI is InChI=1S/C17H20BNO5/c1-15(2)16(3,4)24-18(23-15)11-5-6-12-10(9-11)7-8-17(12)13(20)19-14(21)22-17/h5-6,9H,7-8H2,1-4H3,(H,19,20,21). The van der Waals surface area contributed by atoms with E-state index in [1.807, 2.05) is 45.9 Å². The van der Waals surface area contributed by atoms with Crippen LogP contribution in [0.1, 0.15) is 45.2 Å². The van der Waals surface area contributed by atoms with Gasteiger partial charge in [-0.1, -0.05) is 18.2 Å². The average molecular weight is 329 g/mol. The number of alkyl carbamates (subject to hydrolysis) is 1. The lowest BCUT2D eigenvalue weighted by atomic mass is 9.77. The van der Waals surface area contributed by atoms with E-state index in [4.69, 9.17) is 14.0 Å². The molecule has 1 aromatic carbocycles. The highest BCUT2D eigenvalue weighted by molar-refractivity contribution is 6.62. The zero-order chi connectivity index (χ0) is 17.3. The molecule has 7 heteroatoms. The maximum atomic E-state index is 12.2. The van der Waals surface area contributed by atoms with Crippen LogP contribution in [0.5, 0.6) is 0 Å². The summed E-state index contributed by atoms with van der Waals surface area (Å²) in [5.74, 6) is -0.380. The minimum absolute atomic E-state index is 0.380. The van der Waals surface area contributed by atoms with Crippen LogP contribution in [0.2, 0.25) is 0 Å². The number of nitrogens with one attached hydrogen (secondary N) is 1. The fraction of sp³-hybridized carbons (Fsp3) is 0.529. The highest BCUT2D eigenvalue weighted by Crippen LogP contribution is 2.43. The Labute approximate surface area is 141 Å². The van der Waals surface area contributed by atoms with Crippen LogP contribution in [0.15, 0.2) is 18.2 Å². The molecule has 3 aliphatic rings. The van der Waals surface area contributed by atoms with Gasteiger partial charge in [0, 0.05) is 12.0 Å². The Hall–Kier alpha value is -1.86. The summed E-state index contributed by atoms with van der Waals surface area (Å²) < 4.78 is 17.5. The maximum absolute atomic E-state index is 12.2. The summed E-state index contributed by atoms with van der Waals surface area (Å²) in [7, 11) is -0.447. The monoisotopic (exact) mass is 329 g/mol. The van der Waals surface area contributed by atoms with Crippen molar-refractivity contribution in [2.24, 2.45) is 0 Å². The van der Waals surface area contributed by atoms with Crippen LogP contribution in [0.3, 0.4) is 0 Å². The van der Waals surface area contributed by atoms with Gasteiger partial charge in [0.25, 0.3) is 5.91 Å². The Morgan fingerprint density at radius 2 is 1.75 bits per heavy atom. The van der Waals surface area contributed by atoms with E-state index in [2.05, 4.69) is 5.32 Å². The number of hydrogen-bond donors (Lipinski definition) is 1. The largest absolute Gasteiger partial charge is 0.494 e. The fourth-order valence-electron chi connectivity index (χ4n) is 3.55. The molecule has 126 valence electrons. The summed E-state index contributed by atoms with van der Waals surface area (Å²) in [6, 6.07) is 5.72. The molecule has 1 spiro atoms. The third kappa shape index (κ3) is 1.97. The number of hydrogen-bond acceptors (Lipinski definition) is 5. The Kier molecular flexibility index (Phi) is 3.01. The van der Waals surface area contributed by atoms with Crippen molar-refractivity contribution >= 4 is 24.6 Å². The lowest BCUT2D eigenvalue weighted by Crippen LogP contribution is -2.41. The number of carbonyl (C=O) groups is 2. The van der Waals surface area contributed by atoms with Gasteiger partial charge in [0.1, 0.15) is 0 Å². The lowest BCUT2D eigenvalue weighted by molar-refractivity contribution is -0.131. The van der Waals surface area contributed by atoms with Gasteiger partial charge in [-0.3, -0.25) is 10.1 Å². The second kappa shape index (κ2) is 4.61. The maximum Gasteiger partial charge on any atom is 0.494 e. The van der Waals surface area contributed by atoms with E-state index in [1.54, 1.807) is 0 Å². The van der Waals surface area contributed by atoms with Gasteiger partial charge in [0.2, 0.25) is 5.60 Å². The molecule has 0 radical (unpaired) electrons. The molecular weight excluding hydrogens is 309 g/mol. The van der Waals surface area contributed by atoms with Crippen molar-refractivity contribution in [1.82, 2.24) is 5.32 Å². The Morgan fingerprint density at radius 3 is 2.33 bits per heavy atom. The number of amides is 2. The summed E-state index contributed by atoms with van der Waals surface area (Å²) in [5.41, 5.74) is 0.686. The molecule has 0 aromatic heterocycles. The van der Waals surface area contributed by atoms with Gasteiger partial charge in [-0.25, -0.2) is 4.79 Å². The first-order valence-electron chi connectivity index (χ1n) is 8.18. The van der Waals surface area contributed by atoms with E-state index in [-0.39, 0.29) is 5.91 Å². The minimum atomic E-state index is -1.17. The van der Waals surface area contributed by atoms with Gasteiger partial charge in [-0.05, 0) is 45.1 Å². The second-order valence-electron chi connectivity index (χ2n) is 7.68. The highest BCUT2D eigenvalue weighted by atomic mass is 16.7. The molecule has 2 aliphatic heterocycles. The molecule has 1 atom stereocenters. The number of imide groups is 1. The van der Waals surface area contributed by atoms with Crippen molar-refractivity contribution in [3.8, 4) is 0 Å². The topological polar surface area (TPSA) is 73.9 Å². The molecule has 1 N–H and O–H groups in total. The Bertz CT molecular complexity index is 743. The molecule has 4 rings (SSSR count). The summed E-state index contributed by atoms with van der Waals surface area (Å²) >= 11 is 0. The summed E-state index contributed by atoms with van der Waals surface area (Å²) in [4.78, 5) is 23.6. The molecule has 1 aromatic rings. The molecule has 2 amide bonds. The van der Waals surface area contributed by atoms with Crippen molar-refractivity contribution in [3.63, 3.8) is 0 Å². The molecule has 1 aliphatic carbocycles. The van der Waals surface area contributed by atoms with Gasteiger partial charge in [0.15, 0.2) is 0 Å². The van der Waals surface area contributed by atoms with Crippen LogP contribution in [0.4, 0.5) is 4.79 Å². The van der Waals surface area contributed by atoms with E-state index in [0.29, 0.717) is 12.8 Å². The van der Waals surface area contributed by atoms with E-state index < -0.39 is 30.0 Å². The number of ether oxygens (including phenoxy) is 1. The van der Waals surface area contributed by atoms with Crippen LogP contribution < -0.4 is 10.8 Å². The van der Waals surface area contributed by atoms with Crippen molar-refractivity contribution in [2.45, 2.75) is 57.3 Å². The van der Waals surface area contributed by atoms with Crippen LogP contribution in [0.25, 0.3) is 0 Å². The number of benzene rings is 1. The quantitative estimate of drug-likeness (QED) is 0.789. The predicted molar refractivity (Wildman–Crippen MR) is 86.8 cm³/mol. The molecule has 0 saturated carbocycles. The van der Waals surface area contributed by atoms with Crippen molar-refractivity contribution < 1.29 is 23.6 Å². The second-order valence-corrected chi connectivity index (χ2v) is 7.68. The zero-order valence-corrected chi connectivity index (χ0v) is 14.3. The van der Waals surface area contributed by atoms with E-state index in [9.17, 15) is 9.59 Å². The van der Waals surface area contributed by atoms with Gasteiger partial charge in [-0.2, -0.15) is 0 Å². The first-order valence-corrected chi connectivity index (χ1v) is 8.18. The van der Waals surface area contributed by atoms with Crippen LogP contribution in [-0.2, 0) is 30.9 Å². The summed E-state index contributed by atoms with van der Waals surface area (Å²) in [5, 5.41) is 2.23. The third-order valence-electron chi connectivity index (χ3n) is 5.69. The van der Waals surface area contributed by atoms with E-state index in [0.717, 1.165) is 16.6 Å². The lowest BCUT2D eigenvalue weighted by Gasteiger charge is -2.32. The third-order valence-corrected chi connectivity index (χ3v) is 5.69. The van der Waals surface area contributed by atoms with Crippen LogP contribution in [0, 0.1) is 0 Å². The Morgan fingerprint density at radius 1 is 1.08 bits per heavy atom. The molecule has 24 heavy (non-hydrogen) atoms. The normalized spacial score (nSPS) is 29.8. The zero-order valence-electron chi connectivity index (χ0n) is 14.3. The summed E-state index contributed by atoms with van der Waals surface area (Å²) in [6.45, 7) is 8.05. The van der Waals surface area contributed by atoms with E-state index in [1.165, 1.54) is 0 Å². The molecule has 0 bridgehead atoms. The average Bonchev–Trinajstić information content (AvgIpc) is 3.05. The van der Waals surface area contributed by atoms with Gasteiger partial charge in [-0.15, -0.1) is 0 Å². The SMILES string of the molecule is CC1(C)OB(c2ccc3c(c2)CCC32OC(=O)NC2=O)OC1(C)C. The Balaban J connectivity index is 1.67. The number of fused-ring (bicyclic) bond motifs is 2. The molecule has 6 nitrogen and oxygen atoms in total. The van der Waals surface area contributed by atoms with Gasteiger partial charge < -0.3 is 14.0 Å². The van der Waals surface area contributed by atoms with Crippen molar-refractivity contribution in [3.05, 3.63) is 29.3 Å². The minimum Gasteiger partial charge on any atom is -0.427 e. The van der Waals surface area contributed by atoms with Crippen LogP contribution >= 0.6 is 0 Å². The fourth-order valence-corrected chi connectivity index (χ4v) is 3.55. The molecule has 2 saturated heterocycles. The molecular formula is C17H20BNO5. The van der Waals surface area contributed by atoms with E-state index >= 15 is 0 Å². The van der Waals surface area contributed by atoms with Crippen molar-refractivity contribution in [1.29, 1.82) is 0 Å². The van der Waals surface area contributed by atoms with Crippen molar-refractivity contribution in [2.75, 3.05) is 0 Å². The number of aryl methyl sites for hydroxylation is 1. The predicted octanol–water partition coefficient (Wildman–Crippen LogP) is 1.39. The first kappa shape index (κ1) is 15.7. The number of rotatable bonds is 1. The molecule has 2 fully saturated rings. The summed E-state index contributed by atoms with van der Waals surface area (Å²) in [6.07, 6.45) is 0.457. The highest BCUT2D eigenvalue weighted by Gasteiger charge is 2.55.